The van der Waals surface area contributed by atoms with Crippen molar-refractivity contribution in [3.63, 3.8) is 0 Å². The molecule has 4 heteroatoms. The summed E-state index contributed by atoms with van der Waals surface area (Å²) in [6, 6.07) is 5.96. The molecule has 0 atom stereocenters. The van der Waals surface area contributed by atoms with Crippen LogP contribution in [-0.2, 0) is 20.4 Å². The molecule has 122 valence electrons. The van der Waals surface area contributed by atoms with E-state index in [1.165, 1.54) is 7.11 Å². The van der Waals surface area contributed by atoms with E-state index >= 15 is 0 Å². The second-order valence-electron chi connectivity index (χ2n) is 7.42. The fourth-order valence-electron chi connectivity index (χ4n) is 2.11. The van der Waals surface area contributed by atoms with E-state index in [0.717, 1.165) is 17.4 Å². The molecule has 0 saturated heterocycles. The van der Waals surface area contributed by atoms with Crippen molar-refractivity contribution < 1.29 is 13.9 Å². The minimum atomic E-state index is -0.955. The highest BCUT2D eigenvalue weighted by molar-refractivity contribution is 6.02. The largest absolute Gasteiger partial charge is 0.501 e. The molecule has 1 aromatic rings. The quantitative estimate of drug-likeness (QED) is 0.650. The summed E-state index contributed by atoms with van der Waals surface area (Å²) in [7, 11) is 1.30. The standard InChI is InChI=1S/C18H26FNO2/c1-17(2,3)12-8-9-13(18(4,5)6)15(10-12)20-16(21)14(19)11-22-7/h8-11H,1-7H3,(H,20,21)/b14-11-. The average Bonchev–Trinajstić information content (AvgIpc) is 2.36. The van der Waals surface area contributed by atoms with Gasteiger partial charge in [-0.25, -0.2) is 0 Å². The Bertz CT molecular complexity index is 578. The maximum absolute atomic E-state index is 13.6. The number of nitrogens with one attached hydrogen (secondary N) is 1. The Morgan fingerprint density at radius 1 is 1.14 bits per heavy atom. The normalized spacial score (nSPS) is 13.0. The molecule has 0 aliphatic rings. The van der Waals surface area contributed by atoms with Gasteiger partial charge in [-0.05, 0) is 28.0 Å². The van der Waals surface area contributed by atoms with Crippen LogP contribution in [0.3, 0.4) is 0 Å². The number of ether oxygens (including phenoxy) is 1. The first kappa shape index (κ1) is 18.2. The number of methoxy groups -OCH3 is 1. The predicted octanol–water partition coefficient (Wildman–Crippen LogP) is 4.68. The summed E-state index contributed by atoms with van der Waals surface area (Å²) in [5.41, 5.74) is 2.44. The van der Waals surface area contributed by atoms with Gasteiger partial charge in [-0.3, -0.25) is 4.79 Å². The van der Waals surface area contributed by atoms with Crippen LogP contribution in [0, 0.1) is 0 Å². The summed E-state index contributed by atoms with van der Waals surface area (Å²) in [5, 5.41) is 2.65. The van der Waals surface area contributed by atoms with Gasteiger partial charge in [-0.15, -0.1) is 0 Å². The monoisotopic (exact) mass is 307 g/mol. The van der Waals surface area contributed by atoms with Crippen molar-refractivity contribution in [3.8, 4) is 0 Å². The highest BCUT2D eigenvalue weighted by atomic mass is 19.1. The van der Waals surface area contributed by atoms with Crippen molar-refractivity contribution >= 4 is 11.6 Å². The van der Waals surface area contributed by atoms with E-state index in [-0.39, 0.29) is 10.8 Å². The number of halogens is 1. The van der Waals surface area contributed by atoms with Crippen LogP contribution in [0.2, 0.25) is 0 Å². The lowest BCUT2D eigenvalue weighted by Crippen LogP contribution is -2.21. The number of anilines is 1. The molecule has 0 unspecified atom stereocenters. The molecule has 0 aliphatic carbocycles. The Balaban J connectivity index is 3.29. The zero-order chi connectivity index (χ0) is 17.1. The molecule has 0 aliphatic heterocycles. The van der Waals surface area contributed by atoms with Crippen LogP contribution in [-0.4, -0.2) is 13.0 Å². The van der Waals surface area contributed by atoms with E-state index in [2.05, 4.69) is 57.7 Å². The molecule has 1 amide bonds. The van der Waals surface area contributed by atoms with Crippen molar-refractivity contribution in [1.29, 1.82) is 0 Å². The number of benzene rings is 1. The molecule has 3 nitrogen and oxygen atoms in total. The van der Waals surface area contributed by atoms with Gasteiger partial charge >= 0.3 is 0 Å². The van der Waals surface area contributed by atoms with Crippen molar-refractivity contribution in [2.24, 2.45) is 0 Å². The molecule has 0 saturated carbocycles. The Hall–Kier alpha value is -1.84. The Labute approximate surface area is 132 Å². The van der Waals surface area contributed by atoms with Crippen LogP contribution < -0.4 is 5.32 Å². The molecule has 1 aromatic carbocycles. The van der Waals surface area contributed by atoms with E-state index in [1.807, 2.05) is 12.1 Å². The SMILES string of the molecule is CO/C=C(\F)C(=O)Nc1cc(C(C)(C)C)ccc1C(C)(C)C. The summed E-state index contributed by atoms with van der Waals surface area (Å²) >= 11 is 0. The van der Waals surface area contributed by atoms with Crippen LogP contribution in [0.15, 0.2) is 30.3 Å². The second-order valence-corrected chi connectivity index (χ2v) is 7.42. The predicted molar refractivity (Wildman–Crippen MR) is 88.7 cm³/mol. The van der Waals surface area contributed by atoms with Gasteiger partial charge in [0.25, 0.3) is 5.91 Å². The minimum absolute atomic E-state index is 0.0587. The maximum Gasteiger partial charge on any atom is 0.287 e. The van der Waals surface area contributed by atoms with Gasteiger partial charge in [0, 0.05) is 5.69 Å². The van der Waals surface area contributed by atoms with Crippen molar-refractivity contribution in [1.82, 2.24) is 0 Å². The number of carbonyl (C=O) groups is 1. The fraction of sp³-hybridized carbons (Fsp3) is 0.500. The van der Waals surface area contributed by atoms with Crippen molar-refractivity contribution in [3.05, 3.63) is 41.4 Å². The highest BCUT2D eigenvalue weighted by Crippen LogP contribution is 2.34. The third-order valence-electron chi connectivity index (χ3n) is 3.38. The van der Waals surface area contributed by atoms with Crippen LogP contribution >= 0.6 is 0 Å². The molecule has 0 aromatic heterocycles. The lowest BCUT2D eigenvalue weighted by Gasteiger charge is -2.26. The molecular weight excluding hydrogens is 281 g/mol. The summed E-state index contributed by atoms with van der Waals surface area (Å²) in [5.74, 6) is -1.76. The zero-order valence-corrected chi connectivity index (χ0v) is 14.5. The average molecular weight is 307 g/mol. The Morgan fingerprint density at radius 2 is 1.73 bits per heavy atom. The second kappa shape index (κ2) is 6.51. The Kier molecular flexibility index (Phi) is 5.39. The van der Waals surface area contributed by atoms with E-state index in [0.29, 0.717) is 5.69 Å². The number of hydrogen-bond acceptors (Lipinski definition) is 2. The van der Waals surface area contributed by atoms with Gasteiger partial charge in [0.1, 0.15) is 6.26 Å². The lowest BCUT2D eigenvalue weighted by molar-refractivity contribution is -0.114. The topological polar surface area (TPSA) is 38.3 Å². The van der Waals surface area contributed by atoms with E-state index in [9.17, 15) is 9.18 Å². The van der Waals surface area contributed by atoms with Crippen molar-refractivity contribution in [2.45, 2.75) is 52.4 Å². The summed E-state index contributed by atoms with van der Waals surface area (Å²) < 4.78 is 18.1. The third-order valence-corrected chi connectivity index (χ3v) is 3.38. The molecular formula is C18H26FNO2. The number of rotatable bonds is 3. The van der Waals surface area contributed by atoms with Gasteiger partial charge in [-0.2, -0.15) is 4.39 Å². The summed E-state index contributed by atoms with van der Waals surface area (Å²) in [6.07, 6.45) is 0.791. The van der Waals surface area contributed by atoms with E-state index in [4.69, 9.17) is 0 Å². The van der Waals surface area contributed by atoms with E-state index < -0.39 is 11.7 Å². The third kappa shape index (κ3) is 4.58. The van der Waals surface area contributed by atoms with E-state index in [1.54, 1.807) is 0 Å². The summed E-state index contributed by atoms with van der Waals surface area (Å²) in [4.78, 5) is 11.9. The first-order chi connectivity index (χ1) is 9.96. The lowest BCUT2D eigenvalue weighted by atomic mass is 9.81. The summed E-state index contributed by atoms with van der Waals surface area (Å²) in [6.45, 7) is 12.4. The number of carbonyl (C=O) groups excluding carboxylic acids is 1. The molecule has 22 heavy (non-hydrogen) atoms. The van der Waals surface area contributed by atoms with Crippen LogP contribution in [0.5, 0.6) is 0 Å². The smallest absolute Gasteiger partial charge is 0.287 e. The first-order valence-electron chi connectivity index (χ1n) is 7.31. The molecule has 0 fully saturated rings. The molecule has 0 bridgehead atoms. The van der Waals surface area contributed by atoms with Gasteiger partial charge in [-0.1, -0.05) is 53.7 Å². The van der Waals surface area contributed by atoms with Crippen LogP contribution in [0.25, 0.3) is 0 Å². The molecule has 1 N–H and O–H groups in total. The number of hydrogen-bond donors (Lipinski definition) is 1. The first-order valence-corrected chi connectivity index (χ1v) is 7.31. The molecule has 1 rings (SSSR count). The van der Waals surface area contributed by atoms with Crippen LogP contribution in [0.1, 0.15) is 52.7 Å². The number of amides is 1. The fourth-order valence-corrected chi connectivity index (χ4v) is 2.11. The van der Waals surface area contributed by atoms with Gasteiger partial charge in [0.15, 0.2) is 0 Å². The van der Waals surface area contributed by atoms with Crippen molar-refractivity contribution in [2.75, 3.05) is 12.4 Å². The van der Waals surface area contributed by atoms with Gasteiger partial charge in [0.2, 0.25) is 5.83 Å². The van der Waals surface area contributed by atoms with Gasteiger partial charge in [0.05, 0.1) is 7.11 Å². The molecule has 0 spiro atoms. The molecule has 0 heterocycles. The zero-order valence-electron chi connectivity index (χ0n) is 14.5. The van der Waals surface area contributed by atoms with Crippen LogP contribution in [0.4, 0.5) is 10.1 Å². The molecule has 0 radical (unpaired) electrons. The highest BCUT2D eigenvalue weighted by Gasteiger charge is 2.23. The Morgan fingerprint density at radius 3 is 2.18 bits per heavy atom. The minimum Gasteiger partial charge on any atom is -0.501 e. The maximum atomic E-state index is 13.6. The van der Waals surface area contributed by atoms with Gasteiger partial charge < -0.3 is 10.1 Å².